The zero-order chi connectivity index (χ0) is 11.4. The molecular weight excluding hydrogens is 200 g/mol. The van der Waals surface area contributed by atoms with E-state index in [0.717, 1.165) is 11.3 Å². The summed E-state index contributed by atoms with van der Waals surface area (Å²) in [5.41, 5.74) is 7.21. The van der Waals surface area contributed by atoms with Crippen LogP contribution in [0.15, 0.2) is 12.1 Å². The van der Waals surface area contributed by atoms with E-state index in [4.69, 9.17) is 5.73 Å². The van der Waals surface area contributed by atoms with E-state index < -0.39 is 6.43 Å². The third-order valence-corrected chi connectivity index (χ3v) is 2.20. The average Bonchev–Trinajstić information content (AvgIpc) is 2.16. The number of hydrogen-bond donors (Lipinski definition) is 1. The van der Waals surface area contributed by atoms with Gasteiger partial charge in [-0.2, -0.15) is 0 Å². The van der Waals surface area contributed by atoms with E-state index in [1.165, 1.54) is 4.90 Å². The first-order valence-electron chi connectivity index (χ1n) is 4.70. The highest BCUT2D eigenvalue weighted by molar-refractivity contribution is 5.40. The van der Waals surface area contributed by atoms with Crippen LogP contribution in [0.2, 0.25) is 0 Å². The number of aryl methyl sites for hydroxylation is 1. The molecule has 2 N–H and O–H groups in total. The molecule has 0 saturated carbocycles. The molecule has 0 spiro atoms. The van der Waals surface area contributed by atoms with Crippen LogP contribution < -0.4 is 10.6 Å². The normalized spacial score (nSPS) is 10.8. The van der Waals surface area contributed by atoms with Gasteiger partial charge < -0.3 is 10.6 Å². The summed E-state index contributed by atoms with van der Waals surface area (Å²) in [5.74, 6) is 0.546. The van der Waals surface area contributed by atoms with Gasteiger partial charge >= 0.3 is 0 Å². The van der Waals surface area contributed by atoms with Gasteiger partial charge in [-0.05, 0) is 18.6 Å². The topological polar surface area (TPSA) is 42.2 Å². The Morgan fingerprint density at radius 3 is 2.60 bits per heavy atom. The summed E-state index contributed by atoms with van der Waals surface area (Å²) >= 11 is 0. The molecule has 0 aliphatic rings. The van der Waals surface area contributed by atoms with Crippen molar-refractivity contribution in [1.82, 2.24) is 4.98 Å². The Bertz CT molecular complexity index is 328. The Hall–Kier alpha value is -1.23. The molecule has 3 nitrogen and oxygen atoms in total. The van der Waals surface area contributed by atoms with Crippen LogP contribution in [0, 0.1) is 6.92 Å². The van der Waals surface area contributed by atoms with Crippen LogP contribution in [0.25, 0.3) is 0 Å². The van der Waals surface area contributed by atoms with Crippen molar-refractivity contribution in [2.75, 3.05) is 18.5 Å². The Morgan fingerprint density at radius 2 is 2.13 bits per heavy atom. The van der Waals surface area contributed by atoms with Gasteiger partial charge in [0.25, 0.3) is 6.43 Å². The lowest BCUT2D eigenvalue weighted by Crippen LogP contribution is -2.25. The van der Waals surface area contributed by atoms with E-state index in [-0.39, 0.29) is 6.54 Å². The highest BCUT2D eigenvalue weighted by atomic mass is 19.3. The molecule has 84 valence electrons. The number of aromatic nitrogens is 1. The lowest BCUT2D eigenvalue weighted by Gasteiger charge is -2.18. The van der Waals surface area contributed by atoms with Gasteiger partial charge in [0.1, 0.15) is 5.82 Å². The van der Waals surface area contributed by atoms with Gasteiger partial charge in [-0.3, -0.25) is 0 Å². The molecule has 1 rings (SSSR count). The molecule has 0 radical (unpaired) electrons. The van der Waals surface area contributed by atoms with Crippen molar-refractivity contribution in [3.63, 3.8) is 0 Å². The van der Waals surface area contributed by atoms with Crippen molar-refractivity contribution in [3.05, 3.63) is 23.4 Å². The first-order valence-corrected chi connectivity index (χ1v) is 4.70. The quantitative estimate of drug-likeness (QED) is 0.828. The zero-order valence-electron chi connectivity index (χ0n) is 8.87. The molecular formula is C10H15F2N3. The first-order chi connectivity index (χ1) is 7.04. The summed E-state index contributed by atoms with van der Waals surface area (Å²) in [4.78, 5) is 5.64. The number of anilines is 1. The van der Waals surface area contributed by atoms with Crippen molar-refractivity contribution >= 4 is 5.82 Å². The number of hydrogen-bond acceptors (Lipinski definition) is 3. The number of nitrogens with zero attached hydrogens (tertiary/aromatic N) is 2. The SMILES string of the molecule is Cc1nc(N(C)CC(F)F)ccc1CN. The largest absolute Gasteiger partial charge is 0.354 e. The third kappa shape index (κ3) is 3.13. The van der Waals surface area contributed by atoms with Crippen molar-refractivity contribution in [1.29, 1.82) is 0 Å². The van der Waals surface area contributed by atoms with Crippen LogP contribution >= 0.6 is 0 Å². The van der Waals surface area contributed by atoms with Crippen LogP contribution in [0.1, 0.15) is 11.3 Å². The molecule has 0 atom stereocenters. The van der Waals surface area contributed by atoms with Crippen molar-refractivity contribution in [3.8, 4) is 0 Å². The van der Waals surface area contributed by atoms with E-state index in [0.29, 0.717) is 12.4 Å². The Balaban J connectivity index is 2.82. The summed E-state index contributed by atoms with van der Waals surface area (Å²) in [7, 11) is 1.59. The highest BCUT2D eigenvalue weighted by Gasteiger charge is 2.10. The fourth-order valence-electron chi connectivity index (χ4n) is 1.31. The van der Waals surface area contributed by atoms with Gasteiger partial charge in [-0.1, -0.05) is 6.07 Å². The van der Waals surface area contributed by atoms with Crippen LogP contribution in [-0.4, -0.2) is 25.0 Å². The first kappa shape index (κ1) is 11.8. The minimum absolute atomic E-state index is 0.311. The van der Waals surface area contributed by atoms with Crippen LogP contribution in [-0.2, 0) is 6.54 Å². The molecule has 15 heavy (non-hydrogen) atoms. The predicted molar refractivity (Wildman–Crippen MR) is 56.1 cm³/mol. The highest BCUT2D eigenvalue weighted by Crippen LogP contribution is 2.14. The van der Waals surface area contributed by atoms with Gasteiger partial charge in [0.2, 0.25) is 0 Å². The van der Waals surface area contributed by atoms with Crippen molar-refractivity contribution < 1.29 is 8.78 Å². The average molecular weight is 215 g/mol. The number of pyridine rings is 1. The molecule has 0 aliphatic heterocycles. The molecule has 0 fully saturated rings. The van der Waals surface area contributed by atoms with Crippen LogP contribution in [0.3, 0.4) is 0 Å². The third-order valence-electron chi connectivity index (χ3n) is 2.20. The fraction of sp³-hybridized carbons (Fsp3) is 0.500. The molecule has 0 aliphatic carbocycles. The molecule has 0 bridgehead atoms. The summed E-state index contributed by atoms with van der Waals surface area (Å²) in [5, 5.41) is 0. The maximum atomic E-state index is 12.1. The van der Waals surface area contributed by atoms with Crippen LogP contribution in [0.4, 0.5) is 14.6 Å². The molecule has 0 amide bonds. The lowest BCUT2D eigenvalue weighted by molar-refractivity contribution is 0.156. The van der Waals surface area contributed by atoms with Gasteiger partial charge in [0.05, 0.1) is 6.54 Å². The standard InChI is InChI=1S/C10H15F2N3/c1-7-8(5-13)3-4-10(14-7)15(2)6-9(11)12/h3-4,9H,5-6,13H2,1-2H3. The molecule has 0 saturated heterocycles. The molecule has 1 aromatic rings. The molecule has 1 heterocycles. The van der Waals surface area contributed by atoms with E-state index in [1.807, 2.05) is 13.0 Å². The number of rotatable bonds is 4. The molecule has 5 heteroatoms. The monoisotopic (exact) mass is 215 g/mol. The second-order valence-electron chi connectivity index (χ2n) is 3.39. The van der Waals surface area contributed by atoms with Crippen LogP contribution in [0.5, 0.6) is 0 Å². The van der Waals surface area contributed by atoms with Crippen molar-refractivity contribution in [2.45, 2.75) is 19.9 Å². The predicted octanol–water partition coefficient (Wildman–Crippen LogP) is 1.55. The minimum atomic E-state index is -2.36. The second-order valence-corrected chi connectivity index (χ2v) is 3.39. The lowest BCUT2D eigenvalue weighted by atomic mass is 10.2. The molecule has 1 aromatic heterocycles. The fourth-order valence-corrected chi connectivity index (χ4v) is 1.31. The number of nitrogens with two attached hydrogens (primary N) is 1. The van der Waals surface area contributed by atoms with E-state index in [9.17, 15) is 8.78 Å². The summed E-state index contributed by atoms with van der Waals surface area (Å²) in [6.45, 7) is 1.92. The van der Waals surface area contributed by atoms with Crippen molar-refractivity contribution in [2.24, 2.45) is 5.73 Å². The summed E-state index contributed by atoms with van der Waals surface area (Å²) in [6.07, 6.45) is -2.36. The molecule has 0 aromatic carbocycles. The number of alkyl halides is 2. The summed E-state index contributed by atoms with van der Waals surface area (Å²) < 4.78 is 24.3. The Kier molecular flexibility index (Phi) is 3.96. The molecule has 0 unspecified atom stereocenters. The minimum Gasteiger partial charge on any atom is -0.354 e. The van der Waals surface area contributed by atoms with Gasteiger partial charge in [-0.15, -0.1) is 0 Å². The maximum absolute atomic E-state index is 12.1. The van der Waals surface area contributed by atoms with E-state index in [2.05, 4.69) is 4.98 Å². The smallest absolute Gasteiger partial charge is 0.255 e. The Labute approximate surface area is 87.9 Å². The maximum Gasteiger partial charge on any atom is 0.255 e. The van der Waals surface area contributed by atoms with E-state index in [1.54, 1.807) is 13.1 Å². The Morgan fingerprint density at radius 1 is 1.47 bits per heavy atom. The second kappa shape index (κ2) is 5.02. The zero-order valence-corrected chi connectivity index (χ0v) is 8.87. The van der Waals surface area contributed by atoms with Gasteiger partial charge in [0.15, 0.2) is 0 Å². The van der Waals surface area contributed by atoms with E-state index >= 15 is 0 Å². The van der Waals surface area contributed by atoms with Gasteiger partial charge in [-0.25, -0.2) is 13.8 Å². The summed E-state index contributed by atoms with van der Waals surface area (Å²) in [6, 6.07) is 3.53. The van der Waals surface area contributed by atoms with Gasteiger partial charge in [0, 0.05) is 19.3 Å². The number of halogens is 2.